The summed E-state index contributed by atoms with van der Waals surface area (Å²) in [7, 11) is 0. The molecule has 4 bridgehead atoms. The van der Waals surface area contributed by atoms with Gasteiger partial charge < -0.3 is 9.84 Å². The molecular formula is C16H21BrF4O3. The second-order valence-corrected chi connectivity index (χ2v) is 9.04. The summed E-state index contributed by atoms with van der Waals surface area (Å²) in [6, 6.07) is 0. The van der Waals surface area contributed by atoms with E-state index in [1.165, 1.54) is 0 Å². The van der Waals surface area contributed by atoms with Crippen LogP contribution >= 0.6 is 15.9 Å². The molecule has 1 N–H and O–H groups in total. The van der Waals surface area contributed by atoms with E-state index in [0.717, 1.165) is 32.1 Å². The van der Waals surface area contributed by atoms with Crippen LogP contribution in [0.1, 0.15) is 51.4 Å². The quantitative estimate of drug-likeness (QED) is 0.399. The molecule has 0 aromatic rings. The summed E-state index contributed by atoms with van der Waals surface area (Å²) in [6.45, 7) is 0.0808. The standard InChI is InChI=1S/C16H21BrF4O3/c17-16(20,21)15(18,19)2-1-12(22)24-9-13-4-10-3-11(5-13)7-14(23,6-10)8-13/h10-11,23H,1-9H2. The van der Waals surface area contributed by atoms with Gasteiger partial charge in [-0.05, 0) is 66.3 Å². The van der Waals surface area contributed by atoms with Crippen molar-refractivity contribution in [1.29, 1.82) is 0 Å². The average molecular weight is 417 g/mol. The summed E-state index contributed by atoms with van der Waals surface area (Å²) in [6.07, 6.45) is 2.93. The van der Waals surface area contributed by atoms with Gasteiger partial charge >= 0.3 is 16.7 Å². The van der Waals surface area contributed by atoms with Crippen molar-refractivity contribution in [2.24, 2.45) is 17.3 Å². The number of hydrogen-bond donors (Lipinski definition) is 1. The molecule has 0 aromatic carbocycles. The number of ether oxygens (including phenoxy) is 1. The van der Waals surface area contributed by atoms with E-state index in [2.05, 4.69) is 0 Å². The molecule has 4 fully saturated rings. The molecule has 4 aliphatic carbocycles. The number of aliphatic hydroxyl groups is 1. The third-order valence-corrected chi connectivity index (χ3v) is 6.33. The number of carbonyl (C=O) groups excluding carboxylic acids is 1. The summed E-state index contributed by atoms with van der Waals surface area (Å²) in [5, 5.41) is 10.6. The van der Waals surface area contributed by atoms with E-state index < -0.39 is 35.2 Å². The molecule has 0 heterocycles. The summed E-state index contributed by atoms with van der Waals surface area (Å²) < 4.78 is 56.8. The lowest BCUT2D eigenvalue weighted by molar-refractivity contribution is -0.188. The number of rotatable bonds is 6. The fourth-order valence-corrected chi connectivity index (χ4v) is 5.48. The van der Waals surface area contributed by atoms with Gasteiger partial charge in [0.05, 0.1) is 18.6 Å². The van der Waals surface area contributed by atoms with Crippen molar-refractivity contribution in [3.8, 4) is 0 Å². The Morgan fingerprint density at radius 3 is 2.25 bits per heavy atom. The van der Waals surface area contributed by atoms with Gasteiger partial charge in [-0.2, -0.15) is 17.6 Å². The fraction of sp³-hybridized carbons (Fsp3) is 0.938. The zero-order valence-corrected chi connectivity index (χ0v) is 14.8. The van der Waals surface area contributed by atoms with Gasteiger partial charge in [0.1, 0.15) is 0 Å². The van der Waals surface area contributed by atoms with E-state index >= 15 is 0 Å². The predicted molar refractivity (Wildman–Crippen MR) is 81.1 cm³/mol. The summed E-state index contributed by atoms with van der Waals surface area (Å²) >= 11 is 1.64. The molecule has 4 saturated carbocycles. The van der Waals surface area contributed by atoms with Crippen LogP contribution in [0.15, 0.2) is 0 Å². The molecule has 4 aliphatic rings. The van der Waals surface area contributed by atoms with Gasteiger partial charge in [-0.15, -0.1) is 0 Å². The summed E-state index contributed by atoms with van der Waals surface area (Å²) in [5.74, 6) is -4.35. The van der Waals surface area contributed by atoms with E-state index in [0.29, 0.717) is 18.3 Å². The van der Waals surface area contributed by atoms with Crippen LogP contribution in [0.5, 0.6) is 0 Å². The topological polar surface area (TPSA) is 46.5 Å². The minimum atomic E-state index is -4.34. The first kappa shape index (κ1) is 18.4. The van der Waals surface area contributed by atoms with Gasteiger partial charge in [0, 0.05) is 11.8 Å². The number of carbonyl (C=O) groups is 1. The lowest BCUT2D eigenvalue weighted by Crippen LogP contribution is -2.57. The van der Waals surface area contributed by atoms with E-state index in [1.54, 1.807) is 15.9 Å². The normalized spacial score (nSPS) is 38.4. The smallest absolute Gasteiger partial charge is 0.363 e. The molecule has 3 nitrogen and oxygen atoms in total. The maximum atomic E-state index is 13.2. The zero-order chi connectivity index (χ0) is 17.8. The Bertz CT molecular complexity index is 506. The highest BCUT2D eigenvalue weighted by molar-refractivity contribution is 9.10. The van der Waals surface area contributed by atoms with Gasteiger partial charge in [0.25, 0.3) is 0 Å². The fourth-order valence-electron chi connectivity index (χ4n) is 5.28. The second-order valence-electron chi connectivity index (χ2n) is 8.05. The molecule has 0 radical (unpaired) electrons. The van der Waals surface area contributed by atoms with Crippen LogP contribution in [0.2, 0.25) is 0 Å². The molecule has 0 amide bonds. The van der Waals surface area contributed by atoms with Crippen molar-refractivity contribution in [2.75, 3.05) is 6.61 Å². The molecule has 8 heteroatoms. The Kier molecular flexibility index (Phi) is 4.47. The lowest BCUT2D eigenvalue weighted by atomic mass is 9.48. The van der Waals surface area contributed by atoms with Crippen LogP contribution in [0.4, 0.5) is 17.6 Å². The third kappa shape index (κ3) is 3.59. The van der Waals surface area contributed by atoms with Crippen molar-refractivity contribution in [3.05, 3.63) is 0 Å². The van der Waals surface area contributed by atoms with Crippen molar-refractivity contribution < 1.29 is 32.2 Å². The van der Waals surface area contributed by atoms with Crippen molar-refractivity contribution in [3.63, 3.8) is 0 Å². The molecular weight excluding hydrogens is 396 g/mol. The molecule has 2 atom stereocenters. The van der Waals surface area contributed by atoms with Crippen LogP contribution in [0, 0.1) is 17.3 Å². The minimum Gasteiger partial charge on any atom is -0.465 e. The molecule has 2 unspecified atom stereocenters. The van der Waals surface area contributed by atoms with Gasteiger partial charge in [0.2, 0.25) is 0 Å². The SMILES string of the molecule is O=C(CCC(F)(F)C(F)(F)Br)OCC12CC3CC(CC(O)(C3)C1)C2. The Balaban J connectivity index is 1.52. The number of esters is 1. The summed E-state index contributed by atoms with van der Waals surface area (Å²) in [5.41, 5.74) is -0.974. The maximum absolute atomic E-state index is 13.2. The molecule has 0 spiro atoms. The highest BCUT2D eigenvalue weighted by Gasteiger charge is 2.58. The third-order valence-electron chi connectivity index (χ3n) is 5.75. The Labute approximate surface area is 146 Å². The van der Waals surface area contributed by atoms with Crippen LogP contribution in [0.3, 0.4) is 0 Å². The average Bonchev–Trinajstić information content (AvgIpc) is 2.39. The van der Waals surface area contributed by atoms with Crippen LogP contribution in [-0.4, -0.2) is 34.0 Å². The zero-order valence-electron chi connectivity index (χ0n) is 13.2. The molecule has 0 aliphatic heterocycles. The summed E-state index contributed by atoms with van der Waals surface area (Å²) in [4.78, 5) is 7.37. The monoisotopic (exact) mass is 416 g/mol. The lowest BCUT2D eigenvalue weighted by Gasteiger charge is -2.59. The van der Waals surface area contributed by atoms with Gasteiger partial charge in [0.15, 0.2) is 0 Å². The Hall–Kier alpha value is -0.370. The molecule has 0 aromatic heterocycles. The van der Waals surface area contributed by atoms with Crippen molar-refractivity contribution in [2.45, 2.75) is 67.7 Å². The van der Waals surface area contributed by atoms with Gasteiger partial charge in [-0.3, -0.25) is 4.79 Å². The van der Waals surface area contributed by atoms with Crippen LogP contribution in [-0.2, 0) is 9.53 Å². The van der Waals surface area contributed by atoms with E-state index in [1.807, 2.05) is 0 Å². The van der Waals surface area contributed by atoms with E-state index in [9.17, 15) is 27.5 Å². The van der Waals surface area contributed by atoms with E-state index in [-0.39, 0.29) is 12.0 Å². The number of halogens is 5. The highest BCUT2D eigenvalue weighted by atomic mass is 79.9. The van der Waals surface area contributed by atoms with Gasteiger partial charge in [-0.25, -0.2) is 0 Å². The molecule has 4 rings (SSSR count). The van der Waals surface area contributed by atoms with Gasteiger partial charge in [-0.1, -0.05) is 0 Å². The highest BCUT2D eigenvalue weighted by Crippen LogP contribution is 2.61. The van der Waals surface area contributed by atoms with Crippen molar-refractivity contribution >= 4 is 21.9 Å². The Morgan fingerprint density at radius 1 is 1.17 bits per heavy atom. The minimum absolute atomic E-state index is 0.0808. The Morgan fingerprint density at radius 2 is 1.75 bits per heavy atom. The maximum Gasteiger partial charge on any atom is 0.363 e. The predicted octanol–water partition coefficient (Wildman–Crippen LogP) is 4.26. The van der Waals surface area contributed by atoms with E-state index in [4.69, 9.17) is 4.74 Å². The molecule has 138 valence electrons. The number of alkyl halides is 5. The number of hydrogen-bond acceptors (Lipinski definition) is 3. The van der Waals surface area contributed by atoms with Crippen LogP contribution in [0.25, 0.3) is 0 Å². The largest absolute Gasteiger partial charge is 0.465 e. The molecule has 0 saturated heterocycles. The first-order valence-corrected chi connectivity index (χ1v) is 9.04. The van der Waals surface area contributed by atoms with Crippen molar-refractivity contribution in [1.82, 2.24) is 0 Å². The second kappa shape index (κ2) is 5.83. The first-order valence-electron chi connectivity index (χ1n) is 8.25. The first-order chi connectivity index (χ1) is 10.9. The van der Waals surface area contributed by atoms with Crippen LogP contribution < -0.4 is 0 Å². The molecule has 24 heavy (non-hydrogen) atoms.